The highest BCUT2D eigenvalue weighted by atomic mass is 32.1. The maximum absolute atomic E-state index is 9.12. The number of hydrogen-bond acceptors (Lipinski definition) is 5. The minimum atomic E-state index is 0.230. The molecule has 0 unspecified atom stereocenters. The summed E-state index contributed by atoms with van der Waals surface area (Å²) >= 11 is 1.62. The van der Waals surface area contributed by atoms with E-state index in [-0.39, 0.29) is 6.10 Å². The number of fused-ring (bicyclic) bond motifs is 1. The van der Waals surface area contributed by atoms with Gasteiger partial charge in [-0.25, -0.2) is 9.97 Å². The van der Waals surface area contributed by atoms with E-state index in [1.54, 1.807) is 17.7 Å². The Morgan fingerprint density at radius 1 is 1.28 bits per heavy atom. The third-order valence-corrected chi connectivity index (χ3v) is 4.43. The molecule has 0 spiro atoms. The largest absolute Gasteiger partial charge is 0.473 e. The predicted octanol–water partition coefficient (Wildman–Crippen LogP) is 2.62. The van der Waals surface area contributed by atoms with Crippen molar-refractivity contribution in [2.45, 2.75) is 31.8 Å². The van der Waals surface area contributed by atoms with Crippen LogP contribution in [0.4, 0.5) is 0 Å². The van der Waals surface area contributed by atoms with Crippen LogP contribution in [-0.2, 0) is 0 Å². The number of ether oxygens (including phenoxy) is 1. The Hall–Kier alpha value is -1.20. The number of aliphatic hydroxyl groups excluding tert-OH is 1. The van der Waals surface area contributed by atoms with Crippen LogP contribution < -0.4 is 4.74 Å². The molecule has 2 heterocycles. The smallest absolute Gasteiger partial charge is 0.235 e. The van der Waals surface area contributed by atoms with Crippen LogP contribution in [0.1, 0.15) is 25.7 Å². The first-order chi connectivity index (χ1) is 8.86. The van der Waals surface area contributed by atoms with Crippen molar-refractivity contribution in [1.29, 1.82) is 0 Å². The summed E-state index contributed by atoms with van der Waals surface area (Å²) in [4.78, 5) is 8.45. The standard InChI is InChI=1S/C13H16N2O2S/c16-7-9-1-3-10(4-2-9)17-13-12-11(5-6-18-12)14-8-15-13/h5-6,8-10,16H,1-4,7H2. The van der Waals surface area contributed by atoms with Crippen LogP contribution in [0.5, 0.6) is 5.88 Å². The van der Waals surface area contributed by atoms with Gasteiger partial charge < -0.3 is 9.84 Å². The second-order valence-corrected chi connectivity index (χ2v) is 5.67. The van der Waals surface area contributed by atoms with Gasteiger partial charge in [-0.1, -0.05) is 0 Å². The van der Waals surface area contributed by atoms with E-state index < -0.39 is 0 Å². The third kappa shape index (κ3) is 2.33. The van der Waals surface area contributed by atoms with Crippen molar-refractivity contribution in [3.8, 4) is 5.88 Å². The fourth-order valence-electron chi connectivity index (χ4n) is 2.44. The van der Waals surface area contributed by atoms with Gasteiger partial charge >= 0.3 is 0 Å². The van der Waals surface area contributed by atoms with Gasteiger partial charge in [-0.3, -0.25) is 0 Å². The summed E-state index contributed by atoms with van der Waals surface area (Å²) in [6.07, 6.45) is 5.88. The molecule has 0 atom stereocenters. The Bertz CT molecular complexity index is 520. The number of aliphatic hydroxyl groups is 1. The molecule has 18 heavy (non-hydrogen) atoms. The summed E-state index contributed by atoms with van der Waals surface area (Å²) in [7, 11) is 0. The van der Waals surface area contributed by atoms with Crippen LogP contribution in [-0.4, -0.2) is 27.8 Å². The zero-order chi connectivity index (χ0) is 12.4. The molecule has 4 nitrogen and oxygen atoms in total. The molecule has 5 heteroatoms. The van der Waals surface area contributed by atoms with Crippen LogP contribution in [0, 0.1) is 5.92 Å². The van der Waals surface area contributed by atoms with Gasteiger partial charge in [0.1, 0.15) is 17.1 Å². The highest BCUT2D eigenvalue weighted by molar-refractivity contribution is 7.17. The summed E-state index contributed by atoms with van der Waals surface area (Å²) in [6, 6.07) is 1.98. The maximum atomic E-state index is 9.12. The topological polar surface area (TPSA) is 55.2 Å². The fourth-order valence-corrected chi connectivity index (χ4v) is 3.22. The van der Waals surface area contributed by atoms with Gasteiger partial charge in [0.05, 0.1) is 5.52 Å². The lowest BCUT2D eigenvalue weighted by Crippen LogP contribution is -2.25. The molecule has 3 rings (SSSR count). The highest BCUT2D eigenvalue weighted by Crippen LogP contribution is 2.31. The summed E-state index contributed by atoms with van der Waals surface area (Å²) < 4.78 is 7.03. The molecular formula is C13H16N2O2S. The van der Waals surface area contributed by atoms with Crippen molar-refractivity contribution < 1.29 is 9.84 Å². The monoisotopic (exact) mass is 264 g/mol. The predicted molar refractivity (Wildman–Crippen MR) is 70.9 cm³/mol. The molecule has 1 N–H and O–H groups in total. The minimum absolute atomic E-state index is 0.230. The van der Waals surface area contributed by atoms with Crippen molar-refractivity contribution in [3.63, 3.8) is 0 Å². The Balaban J connectivity index is 1.71. The normalized spacial score (nSPS) is 24.3. The second kappa shape index (κ2) is 5.20. The van der Waals surface area contributed by atoms with E-state index in [1.807, 2.05) is 11.4 Å². The number of nitrogens with zero attached hydrogens (tertiary/aromatic N) is 2. The average Bonchev–Trinajstić information content (AvgIpc) is 2.89. The third-order valence-electron chi connectivity index (χ3n) is 3.54. The van der Waals surface area contributed by atoms with Crippen molar-refractivity contribution >= 4 is 21.6 Å². The van der Waals surface area contributed by atoms with E-state index in [9.17, 15) is 0 Å². The molecule has 0 bridgehead atoms. The van der Waals surface area contributed by atoms with Crippen LogP contribution in [0.3, 0.4) is 0 Å². The van der Waals surface area contributed by atoms with Gasteiger partial charge in [0.15, 0.2) is 0 Å². The Morgan fingerprint density at radius 2 is 2.11 bits per heavy atom. The molecule has 1 fully saturated rings. The molecule has 1 aliphatic rings. The molecule has 2 aromatic rings. The molecule has 2 aromatic heterocycles. The summed E-state index contributed by atoms with van der Waals surface area (Å²) in [5.74, 6) is 1.17. The number of rotatable bonds is 3. The van der Waals surface area contributed by atoms with Gasteiger partial charge in [-0.2, -0.15) is 0 Å². The van der Waals surface area contributed by atoms with E-state index in [4.69, 9.17) is 9.84 Å². The molecule has 1 saturated carbocycles. The first-order valence-corrected chi connectivity index (χ1v) is 7.20. The molecule has 0 saturated heterocycles. The van der Waals surface area contributed by atoms with Crippen molar-refractivity contribution in [2.24, 2.45) is 5.92 Å². The van der Waals surface area contributed by atoms with Crippen molar-refractivity contribution in [1.82, 2.24) is 9.97 Å². The van der Waals surface area contributed by atoms with Crippen LogP contribution in [0.2, 0.25) is 0 Å². The van der Waals surface area contributed by atoms with E-state index in [1.165, 1.54) is 0 Å². The maximum Gasteiger partial charge on any atom is 0.235 e. The van der Waals surface area contributed by atoms with E-state index in [0.29, 0.717) is 18.4 Å². The first-order valence-electron chi connectivity index (χ1n) is 6.32. The SMILES string of the molecule is OCC1CCC(Oc2ncnc3ccsc23)CC1. The van der Waals surface area contributed by atoms with Gasteiger partial charge in [0, 0.05) is 6.61 Å². The summed E-state index contributed by atoms with van der Waals surface area (Å²) in [5, 5.41) is 11.1. The number of hydrogen-bond donors (Lipinski definition) is 1. The van der Waals surface area contributed by atoms with Crippen LogP contribution in [0.25, 0.3) is 10.2 Å². The quantitative estimate of drug-likeness (QED) is 0.926. The Labute approximate surface area is 110 Å². The Kier molecular flexibility index (Phi) is 3.43. The number of aromatic nitrogens is 2. The molecule has 0 amide bonds. The molecular weight excluding hydrogens is 248 g/mol. The fraction of sp³-hybridized carbons (Fsp3) is 0.538. The molecule has 96 valence electrons. The lowest BCUT2D eigenvalue weighted by Gasteiger charge is -2.27. The second-order valence-electron chi connectivity index (χ2n) is 4.76. The summed E-state index contributed by atoms with van der Waals surface area (Å²) in [5.41, 5.74) is 0.953. The van der Waals surface area contributed by atoms with Crippen molar-refractivity contribution in [2.75, 3.05) is 6.61 Å². The zero-order valence-corrected chi connectivity index (χ0v) is 10.9. The Morgan fingerprint density at radius 3 is 2.89 bits per heavy atom. The molecule has 0 radical (unpaired) electrons. The van der Waals surface area contributed by atoms with Gasteiger partial charge in [0.25, 0.3) is 0 Å². The molecule has 1 aliphatic carbocycles. The van der Waals surface area contributed by atoms with Crippen LogP contribution in [0.15, 0.2) is 17.8 Å². The highest BCUT2D eigenvalue weighted by Gasteiger charge is 2.22. The lowest BCUT2D eigenvalue weighted by atomic mass is 9.88. The van der Waals surface area contributed by atoms with E-state index in [2.05, 4.69) is 9.97 Å². The van der Waals surface area contributed by atoms with Gasteiger partial charge in [-0.15, -0.1) is 11.3 Å². The van der Waals surface area contributed by atoms with E-state index in [0.717, 1.165) is 35.9 Å². The van der Waals surface area contributed by atoms with Crippen molar-refractivity contribution in [3.05, 3.63) is 17.8 Å². The van der Waals surface area contributed by atoms with E-state index >= 15 is 0 Å². The zero-order valence-electron chi connectivity index (χ0n) is 10.1. The first kappa shape index (κ1) is 11.9. The van der Waals surface area contributed by atoms with Gasteiger partial charge in [0.2, 0.25) is 5.88 Å². The van der Waals surface area contributed by atoms with Crippen LogP contribution >= 0.6 is 11.3 Å². The summed E-state index contributed by atoms with van der Waals surface area (Å²) in [6.45, 7) is 0.301. The lowest BCUT2D eigenvalue weighted by molar-refractivity contribution is 0.102. The molecule has 0 aromatic carbocycles. The minimum Gasteiger partial charge on any atom is -0.473 e. The van der Waals surface area contributed by atoms with Gasteiger partial charge in [-0.05, 0) is 43.0 Å². The molecule has 0 aliphatic heterocycles. The average molecular weight is 264 g/mol. The number of thiophene rings is 1.